The predicted octanol–water partition coefficient (Wildman–Crippen LogP) is 0.284. The van der Waals surface area contributed by atoms with Gasteiger partial charge in [-0.05, 0) is 12.8 Å². The quantitative estimate of drug-likeness (QED) is 0.682. The van der Waals surface area contributed by atoms with Crippen molar-refractivity contribution in [3.05, 3.63) is 0 Å². The van der Waals surface area contributed by atoms with E-state index in [0.717, 1.165) is 6.26 Å². The molecule has 1 rings (SSSR count). The number of carboxylic acids is 1. The van der Waals surface area contributed by atoms with Gasteiger partial charge in [0.15, 0.2) is 9.84 Å². The number of carboxylic acid groups (broad SMARTS) is 1. The summed E-state index contributed by atoms with van der Waals surface area (Å²) in [5.74, 6) is -1.66. The van der Waals surface area contributed by atoms with Crippen LogP contribution < -0.4 is 0 Å². The van der Waals surface area contributed by atoms with Gasteiger partial charge in [0.05, 0.1) is 11.2 Å². The molecule has 70 valence electrons. The number of hydrogen-bond donors (Lipinski definition) is 1. The molecule has 0 amide bonds. The third-order valence-corrected chi connectivity index (χ3v) is 3.98. The molecule has 0 aromatic carbocycles. The highest BCUT2D eigenvalue weighted by atomic mass is 32.2. The van der Waals surface area contributed by atoms with E-state index in [1.807, 2.05) is 0 Å². The van der Waals surface area contributed by atoms with Gasteiger partial charge in [-0.3, -0.25) is 4.79 Å². The lowest BCUT2D eigenvalue weighted by Gasteiger charge is -2.12. The molecular weight excluding hydrogens is 180 g/mol. The van der Waals surface area contributed by atoms with Crippen molar-refractivity contribution in [1.82, 2.24) is 0 Å². The Morgan fingerprint density at radius 2 is 2.00 bits per heavy atom. The van der Waals surface area contributed by atoms with Crippen molar-refractivity contribution < 1.29 is 18.3 Å². The van der Waals surface area contributed by atoms with Crippen molar-refractivity contribution in [3.63, 3.8) is 0 Å². The lowest BCUT2D eigenvalue weighted by molar-refractivity contribution is -0.141. The number of carbonyl (C=O) groups is 1. The van der Waals surface area contributed by atoms with Crippen LogP contribution in [0.25, 0.3) is 0 Å². The Morgan fingerprint density at radius 1 is 1.42 bits per heavy atom. The zero-order valence-corrected chi connectivity index (χ0v) is 7.67. The molecule has 0 spiro atoms. The standard InChI is InChI=1S/C7H12O4S/c1-12(10,11)6-4-2-3-5(6)7(8)9/h5-6H,2-4H2,1H3,(H,8,9). The molecule has 2 unspecified atom stereocenters. The first kappa shape index (κ1) is 9.51. The lowest BCUT2D eigenvalue weighted by atomic mass is 10.1. The molecule has 1 saturated carbocycles. The fourth-order valence-corrected chi connectivity index (χ4v) is 3.17. The number of hydrogen-bond acceptors (Lipinski definition) is 3. The highest BCUT2D eigenvalue weighted by Gasteiger charge is 2.39. The van der Waals surface area contributed by atoms with Gasteiger partial charge in [-0.2, -0.15) is 0 Å². The van der Waals surface area contributed by atoms with Gasteiger partial charge in [-0.1, -0.05) is 6.42 Å². The van der Waals surface area contributed by atoms with Gasteiger partial charge in [-0.25, -0.2) is 8.42 Å². The molecule has 2 atom stereocenters. The molecule has 5 heteroatoms. The maximum atomic E-state index is 11.1. The Labute approximate surface area is 71.5 Å². The van der Waals surface area contributed by atoms with Crippen LogP contribution in [0.1, 0.15) is 19.3 Å². The van der Waals surface area contributed by atoms with Crippen LogP contribution in [0.5, 0.6) is 0 Å². The molecular formula is C7H12O4S. The monoisotopic (exact) mass is 192 g/mol. The molecule has 0 heterocycles. The van der Waals surface area contributed by atoms with E-state index in [1.54, 1.807) is 0 Å². The first-order valence-electron chi connectivity index (χ1n) is 3.84. The van der Waals surface area contributed by atoms with E-state index in [0.29, 0.717) is 19.3 Å². The van der Waals surface area contributed by atoms with Crippen molar-refractivity contribution in [2.24, 2.45) is 5.92 Å². The first-order valence-corrected chi connectivity index (χ1v) is 5.80. The molecule has 0 aliphatic heterocycles. The van der Waals surface area contributed by atoms with Crippen molar-refractivity contribution in [2.75, 3.05) is 6.26 Å². The molecule has 1 aliphatic carbocycles. The minimum absolute atomic E-state index is 0.493. The van der Waals surface area contributed by atoms with Crippen LogP contribution in [-0.4, -0.2) is 31.0 Å². The third-order valence-electron chi connectivity index (χ3n) is 2.32. The SMILES string of the molecule is CS(=O)(=O)C1CCCC1C(=O)O. The van der Waals surface area contributed by atoms with E-state index < -0.39 is 27.0 Å². The molecule has 12 heavy (non-hydrogen) atoms. The number of sulfone groups is 1. The zero-order chi connectivity index (χ0) is 9.35. The summed E-state index contributed by atoms with van der Waals surface area (Å²) in [5, 5.41) is 8.03. The minimum atomic E-state index is -3.18. The van der Waals surface area contributed by atoms with Gasteiger partial charge < -0.3 is 5.11 Å². The summed E-state index contributed by atoms with van der Waals surface area (Å²) in [6.07, 6.45) is 2.80. The second kappa shape index (κ2) is 3.05. The minimum Gasteiger partial charge on any atom is -0.481 e. The van der Waals surface area contributed by atoms with Gasteiger partial charge in [0.2, 0.25) is 0 Å². The van der Waals surface area contributed by atoms with E-state index in [-0.39, 0.29) is 0 Å². The van der Waals surface area contributed by atoms with Crippen LogP contribution in [0.3, 0.4) is 0 Å². The molecule has 4 nitrogen and oxygen atoms in total. The molecule has 0 aromatic rings. The van der Waals surface area contributed by atoms with Crippen LogP contribution in [0, 0.1) is 5.92 Å². The van der Waals surface area contributed by atoms with Crippen molar-refractivity contribution in [2.45, 2.75) is 24.5 Å². The Kier molecular flexibility index (Phi) is 2.41. The summed E-state index contributed by atoms with van der Waals surface area (Å²) >= 11 is 0. The maximum absolute atomic E-state index is 11.1. The second-order valence-electron chi connectivity index (χ2n) is 3.24. The van der Waals surface area contributed by atoms with E-state index in [9.17, 15) is 13.2 Å². The highest BCUT2D eigenvalue weighted by molar-refractivity contribution is 7.91. The first-order chi connectivity index (χ1) is 5.43. The Hall–Kier alpha value is -0.580. The zero-order valence-electron chi connectivity index (χ0n) is 6.86. The third kappa shape index (κ3) is 1.77. The molecule has 1 N–H and O–H groups in total. The van der Waals surface area contributed by atoms with Gasteiger partial charge in [0.1, 0.15) is 0 Å². The topological polar surface area (TPSA) is 71.4 Å². The van der Waals surface area contributed by atoms with Crippen molar-refractivity contribution in [3.8, 4) is 0 Å². The molecule has 1 aliphatic rings. The summed E-state index contributed by atoms with van der Waals surface area (Å²) in [5.41, 5.74) is 0. The van der Waals surface area contributed by atoms with Crippen LogP contribution in [-0.2, 0) is 14.6 Å². The fraction of sp³-hybridized carbons (Fsp3) is 0.857. The van der Waals surface area contributed by atoms with Gasteiger partial charge in [-0.15, -0.1) is 0 Å². The molecule has 0 aromatic heterocycles. The Morgan fingerprint density at radius 3 is 2.33 bits per heavy atom. The van der Waals surface area contributed by atoms with Crippen LogP contribution >= 0.6 is 0 Å². The summed E-state index contributed by atoms with van der Waals surface area (Å²) in [4.78, 5) is 10.6. The van der Waals surface area contributed by atoms with Crippen molar-refractivity contribution >= 4 is 15.8 Å². The molecule has 0 radical (unpaired) electrons. The van der Waals surface area contributed by atoms with E-state index in [1.165, 1.54) is 0 Å². The van der Waals surface area contributed by atoms with Gasteiger partial charge in [0.25, 0.3) is 0 Å². The predicted molar refractivity (Wildman–Crippen MR) is 43.6 cm³/mol. The van der Waals surface area contributed by atoms with Gasteiger partial charge >= 0.3 is 5.97 Å². The van der Waals surface area contributed by atoms with Crippen LogP contribution in [0.15, 0.2) is 0 Å². The van der Waals surface area contributed by atoms with E-state index >= 15 is 0 Å². The highest BCUT2D eigenvalue weighted by Crippen LogP contribution is 2.30. The summed E-state index contributed by atoms with van der Waals surface area (Å²) < 4.78 is 22.2. The average Bonchev–Trinajstić information content (AvgIpc) is 2.30. The molecule has 1 fully saturated rings. The summed E-state index contributed by atoms with van der Waals surface area (Å²) in [6.45, 7) is 0. The van der Waals surface area contributed by atoms with Crippen molar-refractivity contribution in [1.29, 1.82) is 0 Å². The largest absolute Gasteiger partial charge is 0.481 e. The second-order valence-corrected chi connectivity index (χ2v) is 5.51. The lowest BCUT2D eigenvalue weighted by Crippen LogP contribution is -2.29. The van der Waals surface area contributed by atoms with Crippen LogP contribution in [0.4, 0.5) is 0 Å². The summed E-state index contributed by atoms with van der Waals surface area (Å²) in [7, 11) is -3.18. The average molecular weight is 192 g/mol. The molecule has 0 bridgehead atoms. The normalized spacial score (nSPS) is 30.4. The van der Waals surface area contributed by atoms with E-state index in [4.69, 9.17) is 5.11 Å². The molecule has 0 saturated heterocycles. The van der Waals surface area contributed by atoms with E-state index in [2.05, 4.69) is 0 Å². The maximum Gasteiger partial charge on any atom is 0.307 e. The number of aliphatic carboxylic acids is 1. The summed E-state index contributed by atoms with van der Waals surface area (Å²) in [6, 6.07) is 0. The Balaban J connectivity index is 2.85. The van der Waals surface area contributed by atoms with Gasteiger partial charge in [0, 0.05) is 6.26 Å². The van der Waals surface area contributed by atoms with Crippen LogP contribution in [0.2, 0.25) is 0 Å². The Bertz CT molecular complexity index is 280. The smallest absolute Gasteiger partial charge is 0.307 e. The fourth-order valence-electron chi connectivity index (χ4n) is 1.72. The number of rotatable bonds is 2.